The molecule has 3 unspecified atom stereocenters. The molecule has 0 bridgehead atoms. The summed E-state index contributed by atoms with van der Waals surface area (Å²) in [7, 11) is 0. The summed E-state index contributed by atoms with van der Waals surface area (Å²) in [5.74, 6) is 0.0937. The molecule has 1 fully saturated rings. The molecule has 20 heavy (non-hydrogen) atoms. The second kappa shape index (κ2) is 7.88. The molecule has 0 aliphatic carbocycles. The summed E-state index contributed by atoms with van der Waals surface area (Å²) >= 11 is 0. The second-order valence-corrected chi connectivity index (χ2v) is 5.64. The summed E-state index contributed by atoms with van der Waals surface area (Å²) in [4.78, 5) is 15.8. The molecule has 4 nitrogen and oxygen atoms in total. The van der Waals surface area contributed by atoms with E-state index < -0.39 is 12.5 Å². The molecule has 0 radical (unpaired) electrons. The molecular weight excluding hydrogens is 264 g/mol. The SMILES string of the molecule is CCC(C)C(N)C(=O)N1CCN(CC(F)F)C(CC)C1. The number of nitrogens with two attached hydrogens (primary N) is 1. The third-order valence-corrected chi connectivity index (χ3v) is 4.30. The van der Waals surface area contributed by atoms with Gasteiger partial charge in [0.15, 0.2) is 0 Å². The number of hydrogen-bond acceptors (Lipinski definition) is 3. The minimum absolute atomic E-state index is 0.00540. The van der Waals surface area contributed by atoms with Crippen molar-refractivity contribution in [3.63, 3.8) is 0 Å². The molecule has 0 spiro atoms. The third-order valence-electron chi connectivity index (χ3n) is 4.30. The van der Waals surface area contributed by atoms with Gasteiger partial charge in [0, 0.05) is 25.7 Å². The zero-order valence-electron chi connectivity index (χ0n) is 12.7. The number of carbonyl (C=O) groups is 1. The number of alkyl halides is 2. The van der Waals surface area contributed by atoms with Gasteiger partial charge in [-0.25, -0.2) is 8.78 Å². The van der Waals surface area contributed by atoms with E-state index >= 15 is 0 Å². The van der Waals surface area contributed by atoms with Crippen LogP contribution in [0.3, 0.4) is 0 Å². The molecule has 1 amide bonds. The van der Waals surface area contributed by atoms with Gasteiger partial charge in [-0.2, -0.15) is 0 Å². The zero-order valence-corrected chi connectivity index (χ0v) is 12.7. The van der Waals surface area contributed by atoms with E-state index in [1.165, 1.54) is 0 Å². The minimum Gasteiger partial charge on any atom is -0.338 e. The number of carbonyl (C=O) groups excluding carboxylic acids is 1. The van der Waals surface area contributed by atoms with Crippen molar-refractivity contribution in [1.29, 1.82) is 0 Å². The Balaban J connectivity index is 2.61. The molecule has 6 heteroatoms. The highest BCUT2D eigenvalue weighted by molar-refractivity contribution is 5.82. The standard InChI is InChI=1S/C14H27F2N3O/c1-4-10(3)13(17)14(20)19-7-6-18(9-12(15)16)11(5-2)8-19/h10-13H,4-9,17H2,1-3H3. The van der Waals surface area contributed by atoms with Crippen molar-refractivity contribution in [2.75, 3.05) is 26.2 Å². The first-order valence-corrected chi connectivity index (χ1v) is 7.47. The van der Waals surface area contributed by atoms with E-state index in [9.17, 15) is 13.6 Å². The minimum atomic E-state index is -2.33. The summed E-state index contributed by atoms with van der Waals surface area (Å²) in [6.45, 7) is 7.23. The molecule has 0 aromatic rings. The van der Waals surface area contributed by atoms with Crippen LogP contribution in [0.15, 0.2) is 0 Å². The number of hydrogen-bond donors (Lipinski definition) is 1. The molecule has 118 valence electrons. The lowest BCUT2D eigenvalue weighted by atomic mass is 9.98. The highest BCUT2D eigenvalue weighted by Crippen LogP contribution is 2.17. The van der Waals surface area contributed by atoms with Crippen molar-refractivity contribution in [2.45, 2.75) is 52.1 Å². The molecule has 0 aromatic heterocycles. The second-order valence-electron chi connectivity index (χ2n) is 5.64. The molecule has 2 N–H and O–H groups in total. The summed E-state index contributed by atoms with van der Waals surface area (Å²) in [6, 6.07) is -0.481. The lowest BCUT2D eigenvalue weighted by Gasteiger charge is -2.42. The van der Waals surface area contributed by atoms with E-state index in [0.717, 1.165) is 12.8 Å². The Kier molecular flexibility index (Phi) is 6.82. The Bertz CT molecular complexity index is 315. The maximum Gasteiger partial charge on any atom is 0.251 e. The van der Waals surface area contributed by atoms with Crippen LogP contribution in [0.25, 0.3) is 0 Å². The van der Waals surface area contributed by atoms with Crippen LogP contribution in [-0.4, -0.2) is 60.4 Å². The molecule has 1 heterocycles. The van der Waals surface area contributed by atoms with E-state index in [4.69, 9.17) is 5.73 Å². The molecule has 3 atom stereocenters. The van der Waals surface area contributed by atoms with Gasteiger partial charge < -0.3 is 10.6 Å². The number of nitrogens with zero attached hydrogens (tertiary/aromatic N) is 2. The van der Waals surface area contributed by atoms with Gasteiger partial charge >= 0.3 is 0 Å². The summed E-state index contributed by atoms with van der Waals surface area (Å²) in [6.07, 6.45) is -0.710. The van der Waals surface area contributed by atoms with Crippen molar-refractivity contribution in [2.24, 2.45) is 11.7 Å². The fraction of sp³-hybridized carbons (Fsp3) is 0.929. The van der Waals surface area contributed by atoms with Crippen molar-refractivity contribution in [1.82, 2.24) is 9.80 Å². The van der Waals surface area contributed by atoms with Gasteiger partial charge in [-0.3, -0.25) is 9.69 Å². The Morgan fingerprint density at radius 2 is 2.00 bits per heavy atom. The number of amides is 1. The van der Waals surface area contributed by atoms with E-state index in [-0.39, 0.29) is 24.4 Å². The fourth-order valence-corrected chi connectivity index (χ4v) is 2.61. The van der Waals surface area contributed by atoms with Crippen LogP contribution in [0.1, 0.15) is 33.6 Å². The maximum atomic E-state index is 12.5. The molecule has 0 saturated carbocycles. The van der Waals surface area contributed by atoms with Crippen LogP contribution < -0.4 is 5.73 Å². The Morgan fingerprint density at radius 1 is 1.35 bits per heavy atom. The maximum absolute atomic E-state index is 12.5. The van der Waals surface area contributed by atoms with Crippen LogP contribution in [-0.2, 0) is 4.79 Å². The monoisotopic (exact) mass is 291 g/mol. The highest BCUT2D eigenvalue weighted by atomic mass is 19.3. The van der Waals surface area contributed by atoms with Crippen LogP contribution in [0.4, 0.5) is 8.78 Å². The van der Waals surface area contributed by atoms with Crippen molar-refractivity contribution in [3.05, 3.63) is 0 Å². The molecule has 1 aliphatic rings. The normalized spacial score (nSPS) is 23.9. The Labute approximate surface area is 120 Å². The summed E-state index contributed by atoms with van der Waals surface area (Å²) in [5, 5.41) is 0. The number of rotatable bonds is 6. The lowest BCUT2D eigenvalue weighted by molar-refractivity contribution is -0.137. The first kappa shape index (κ1) is 17.3. The first-order valence-electron chi connectivity index (χ1n) is 7.47. The van der Waals surface area contributed by atoms with Gasteiger partial charge in [-0.15, -0.1) is 0 Å². The van der Waals surface area contributed by atoms with Gasteiger partial charge in [0.2, 0.25) is 5.91 Å². The highest BCUT2D eigenvalue weighted by Gasteiger charge is 2.32. The average Bonchev–Trinajstić information content (AvgIpc) is 2.44. The van der Waals surface area contributed by atoms with E-state index in [0.29, 0.717) is 19.6 Å². The molecular formula is C14H27F2N3O. The van der Waals surface area contributed by atoms with E-state index in [2.05, 4.69) is 0 Å². The summed E-state index contributed by atoms with van der Waals surface area (Å²) in [5.41, 5.74) is 5.98. The van der Waals surface area contributed by atoms with Crippen LogP contribution in [0.5, 0.6) is 0 Å². The van der Waals surface area contributed by atoms with Crippen LogP contribution in [0.2, 0.25) is 0 Å². The largest absolute Gasteiger partial charge is 0.338 e. The summed E-state index contributed by atoms with van der Waals surface area (Å²) < 4.78 is 25.0. The van der Waals surface area contributed by atoms with Crippen LogP contribution >= 0.6 is 0 Å². The average molecular weight is 291 g/mol. The topological polar surface area (TPSA) is 49.6 Å². The Hall–Kier alpha value is -0.750. The number of halogens is 2. The van der Waals surface area contributed by atoms with Crippen molar-refractivity contribution >= 4 is 5.91 Å². The molecule has 1 saturated heterocycles. The number of piperazine rings is 1. The third kappa shape index (κ3) is 4.38. The predicted octanol–water partition coefficient (Wildman–Crippen LogP) is 1.55. The fourth-order valence-electron chi connectivity index (χ4n) is 2.61. The van der Waals surface area contributed by atoms with Crippen molar-refractivity contribution in [3.8, 4) is 0 Å². The van der Waals surface area contributed by atoms with Gasteiger partial charge in [0.25, 0.3) is 6.43 Å². The lowest BCUT2D eigenvalue weighted by Crippen LogP contribution is -2.58. The molecule has 1 aliphatic heterocycles. The zero-order chi connectivity index (χ0) is 15.3. The molecule has 1 rings (SSSR count). The molecule has 0 aromatic carbocycles. The smallest absolute Gasteiger partial charge is 0.251 e. The predicted molar refractivity (Wildman–Crippen MR) is 75.7 cm³/mol. The van der Waals surface area contributed by atoms with E-state index in [1.807, 2.05) is 20.8 Å². The quantitative estimate of drug-likeness (QED) is 0.808. The van der Waals surface area contributed by atoms with Gasteiger partial charge in [-0.1, -0.05) is 27.2 Å². The first-order chi connectivity index (χ1) is 9.40. The van der Waals surface area contributed by atoms with E-state index in [1.54, 1.807) is 9.80 Å². The Morgan fingerprint density at radius 3 is 2.50 bits per heavy atom. The van der Waals surface area contributed by atoms with Crippen molar-refractivity contribution < 1.29 is 13.6 Å². The van der Waals surface area contributed by atoms with Crippen LogP contribution in [0, 0.1) is 5.92 Å². The van der Waals surface area contributed by atoms with Gasteiger partial charge in [0.1, 0.15) is 0 Å². The van der Waals surface area contributed by atoms with Gasteiger partial charge in [-0.05, 0) is 12.3 Å². The van der Waals surface area contributed by atoms with Gasteiger partial charge in [0.05, 0.1) is 12.6 Å².